The molecule has 1 saturated heterocycles. The molecule has 1 heterocycles. The summed E-state index contributed by atoms with van der Waals surface area (Å²) >= 11 is 0. The van der Waals surface area contributed by atoms with Gasteiger partial charge >= 0.3 is 0 Å². The van der Waals surface area contributed by atoms with E-state index in [2.05, 4.69) is 59.7 Å². The van der Waals surface area contributed by atoms with E-state index >= 15 is 0 Å². The van der Waals surface area contributed by atoms with Gasteiger partial charge in [-0.3, -0.25) is 4.90 Å². The number of hydrogen-bond acceptors (Lipinski definition) is 2. The fourth-order valence-electron chi connectivity index (χ4n) is 3.85. The first kappa shape index (κ1) is 13.3. The lowest BCUT2D eigenvalue weighted by molar-refractivity contribution is 0.273. The number of hydrogen-bond donors (Lipinski definition) is 1. The Morgan fingerprint density at radius 1 is 1.05 bits per heavy atom. The Kier molecular flexibility index (Phi) is 3.44. The highest BCUT2D eigenvalue weighted by Crippen LogP contribution is 2.39. The maximum Gasteiger partial charge on any atom is 0.0391 e. The molecule has 2 aliphatic rings. The number of rotatable bonds is 4. The number of nitrogens with zero attached hydrogens (tertiary/aromatic N) is 1. The average Bonchev–Trinajstić information content (AvgIpc) is 3.28. The van der Waals surface area contributed by atoms with Crippen LogP contribution in [0.5, 0.6) is 0 Å². The highest BCUT2D eigenvalue weighted by Gasteiger charge is 2.34. The first-order valence-corrected chi connectivity index (χ1v) is 8.24. The molecule has 2 aromatic carbocycles. The van der Waals surface area contributed by atoms with Crippen LogP contribution in [0.15, 0.2) is 42.5 Å². The van der Waals surface area contributed by atoms with E-state index in [1.807, 2.05) is 0 Å². The number of nitrogens with one attached hydrogen (secondary N) is 1. The van der Waals surface area contributed by atoms with Crippen LogP contribution in [-0.4, -0.2) is 31.1 Å². The lowest BCUT2D eigenvalue weighted by Gasteiger charge is -2.27. The van der Waals surface area contributed by atoms with Crippen molar-refractivity contribution in [1.82, 2.24) is 10.2 Å². The fraction of sp³-hybridized carbons (Fsp3) is 0.474. The van der Waals surface area contributed by atoms with Crippen LogP contribution >= 0.6 is 0 Å². The molecule has 1 N–H and O–H groups in total. The van der Waals surface area contributed by atoms with Crippen molar-refractivity contribution in [3.05, 3.63) is 48.0 Å². The van der Waals surface area contributed by atoms with Gasteiger partial charge in [0.2, 0.25) is 0 Å². The zero-order chi connectivity index (χ0) is 14.2. The molecule has 2 fully saturated rings. The number of fused-ring (bicyclic) bond motifs is 1. The Balaban J connectivity index is 1.67. The molecular weight excluding hydrogens is 256 g/mol. The van der Waals surface area contributed by atoms with Gasteiger partial charge < -0.3 is 5.32 Å². The molecule has 0 radical (unpaired) electrons. The van der Waals surface area contributed by atoms with Crippen molar-refractivity contribution in [2.75, 3.05) is 20.1 Å². The Morgan fingerprint density at radius 3 is 2.71 bits per heavy atom. The summed E-state index contributed by atoms with van der Waals surface area (Å²) in [5, 5.41) is 6.53. The predicted molar refractivity (Wildman–Crippen MR) is 88.5 cm³/mol. The molecule has 2 unspecified atom stereocenters. The third kappa shape index (κ3) is 2.58. The maximum absolute atomic E-state index is 3.74. The second kappa shape index (κ2) is 5.43. The van der Waals surface area contributed by atoms with Gasteiger partial charge in [-0.1, -0.05) is 42.5 Å². The summed E-state index contributed by atoms with van der Waals surface area (Å²) in [5.41, 5.74) is 1.51. The highest BCUT2D eigenvalue weighted by molar-refractivity contribution is 5.86. The molecule has 0 amide bonds. The standard InChI is InChI=1S/C19H24N2/c1-21-12-11-15(13-20-16-9-10-16)19(21)18-8-4-6-14-5-2-3-7-17(14)18/h2-8,15-16,19-20H,9-13H2,1H3. The Labute approximate surface area is 127 Å². The monoisotopic (exact) mass is 280 g/mol. The minimum atomic E-state index is 0.558. The van der Waals surface area contributed by atoms with Crippen molar-refractivity contribution in [2.24, 2.45) is 5.92 Å². The van der Waals surface area contributed by atoms with E-state index in [1.165, 1.54) is 48.7 Å². The van der Waals surface area contributed by atoms with Crippen LogP contribution < -0.4 is 5.32 Å². The predicted octanol–water partition coefficient (Wildman–Crippen LogP) is 3.58. The smallest absolute Gasteiger partial charge is 0.0391 e. The van der Waals surface area contributed by atoms with Crippen molar-refractivity contribution in [3.8, 4) is 0 Å². The molecule has 2 aromatic rings. The largest absolute Gasteiger partial charge is 0.314 e. The average molecular weight is 280 g/mol. The summed E-state index contributed by atoms with van der Waals surface area (Å²) in [4.78, 5) is 2.54. The minimum absolute atomic E-state index is 0.558. The summed E-state index contributed by atoms with van der Waals surface area (Å²) in [6.45, 7) is 2.38. The molecule has 110 valence electrons. The van der Waals surface area contributed by atoms with Crippen molar-refractivity contribution in [1.29, 1.82) is 0 Å². The second-order valence-corrected chi connectivity index (χ2v) is 6.73. The van der Waals surface area contributed by atoms with Crippen LogP contribution in [0.1, 0.15) is 30.9 Å². The molecule has 21 heavy (non-hydrogen) atoms. The lowest BCUT2D eigenvalue weighted by atomic mass is 9.90. The molecule has 0 bridgehead atoms. The molecular formula is C19H24N2. The molecule has 1 aliphatic heterocycles. The van der Waals surface area contributed by atoms with Gasteiger partial charge in [-0.25, -0.2) is 0 Å². The number of benzene rings is 2. The van der Waals surface area contributed by atoms with Crippen LogP contribution in [-0.2, 0) is 0 Å². The lowest BCUT2D eigenvalue weighted by Crippen LogP contribution is -2.29. The summed E-state index contributed by atoms with van der Waals surface area (Å²) in [6, 6.07) is 17.0. The van der Waals surface area contributed by atoms with E-state index in [1.54, 1.807) is 0 Å². The Hall–Kier alpha value is -1.38. The van der Waals surface area contributed by atoms with Gasteiger partial charge in [-0.05, 0) is 55.1 Å². The van der Waals surface area contributed by atoms with Crippen LogP contribution in [0.25, 0.3) is 10.8 Å². The van der Waals surface area contributed by atoms with Crippen LogP contribution in [0.4, 0.5) is 0 Å². The van der Waals surface area contributed by atoms with E-state index in [4.69, 9.17) is 0 Å². The van der Waals surface area contributed by atoms with Gasteiger partial charge in [-0.15, -0.1) is 0 Å². The summed E-state index contributed by atoms with van der Waals surface area (Å²) in [5.74, 6) is 0.737. The van der Waals surface area contributed by atoms with Gasteiger partial charge in [0, 0.05) is 18.6 Å². The van der Waals surface area contributed by atoms with Gasteiger partial charge in [-0.2, -0.15) is 0 Å². The van der Waals surface area contributed by atoms with Crippen molar-refractivity contribution in [2.45, 2.75) is 31.3 Å². The Morgan fingerprint density at radius 2 is 1.86 bits per heavy atom. The quantitative estimate of drug-likeness (QED) is 0.921. The van der Waals surface area contributed by atoms with E-state index in [0.717, 1.165) is 12.0 Å². The summed E-state index contributed by atoms with van der Waals surface area (Å²) < 4.78 is 0. The van der Waals surface area contributed by atoms with E-state index in [0.29, 0.717) is 6.04 Å². The maximum atomic E-state index is 3.74. The molecule has 2 atom stereocenters. The zero-order valence-electron chi connectivity index (χ0n) is 12.8. The molecule has 1 aliphatic carbocycles. The van der Waals surface area contributed by atoms with Gasteiger partial charge in [0.05, 0.1) is 0 Å². The van der Waals surface area contributed by atoms with Crippen molar-refractivity contribution in [3.63, 3.8) is 0 Å². The van der Waals surface area contributed by atoms with Crippen LogP contribution in [0.3, 0.4) is 0 Å². The normalized spacial score (nSPS) is 26.5. The molecule has 4 rings (SSSR count). The first-order valence-electron chi connectivity index (χ1n) is 8.24. The zero-order valence-corrected chi connectivity index (χ0v) is 12.8. The van der Waals surface area contributed by atoms with E-state index < -0.39 is 0 Å². The second-order valence-electron chi connectivity index (χ2n) is 6.73. The minimum Gasteiger partial charge on any atom is -0.314 e. The molecule has 0 spiro atoms. The van der Waals surface area contributed by atoms with Gasteiger partial charge in [0.25, 0.3) is 0 Å². The van der Waals surface area contributed by atoms with E-state index in [9.17, 15) is 0 Å². The van der Waals surface area contributed by atoms with Gasteiger partial charge in [0.15, 0.2) is 0 Å². The van der Waals surface area contributed by atoms with Crippen LogP contribution in [0.2, 0.25) is 0 Å². The summed E-state index contributed by atoms with van der Waals surface area (Å²) in [7, 11) is 2.28. The third-order valence-electron chi connectivity index (χ3n) is 5.16. The molecule has 0 aromatic heterocycles. The van der Waals surface area contributed by atoms with Crippen molar-refractivity contribution >= 4 is 10.8 Å². The highest BCUT2D eigenvalue weighted by atomic mass is 15.2. The third-order valence-corrected chi connectivity index (χ3v) is 5.16. The van der Waals surface area contributed by atoms with Gasteiger partial charge in [0.1, 0.15) is 0 Å². The number of likely N-dealkylation sites (tertiary alicyclic amines) is 1. The van der Waals surface area contributed by atoms with Crippen molar-refractivity contribution < 1.29 is 0 Å². The Bertz CT molecular complexity index is 627. The van der Waals surface area contributed by atoms with E-state index in [-0.39, 0.29) is 0 Å². The van der Waals surface area contributed by atoms with Crippen LogP contribution in [0, 0.1) is 5.92 Å². The SMILES string of the molecule is CN1CCC(CNC2CC2)C1c1cccc2ccccc12. The fourth-order valence-corrected chi connectivity index (χ4v) is 3.85. The molecule has 2 nitrogen and oxygen atoms in total. The first-order chi connectivity index (χ1) is 10.3. The molecule has 1 saturated carbocycles. The topological polar surface area (TPSA) is 15.3 Å². The summed E-state index contributed by atoms with van der Waals surface area (Å²) in [6.07, 6.45) is 4.06. The molecule has 2 heteroatoms.